The summed E-state index contributed by atoms with van der Waals surface area (Å²) in [4.78, 5) is 11.9. The summed E-state index contributed by atoms with van der Waals surface area (Å²) in [6, 6.07) is 10.5. The molecule has 3 rings (SSSR count). The fraction of sp³-hybridized carbons (Fsp3) is 0.533. The molecule has 1 spiro atoms. The molecular weight excluding hydrogens is 224 g/mol. The van der Waals surface area contributed by atoms with Gasteiger partial charge in [0.25, 0.3) is 0 Å². The Hall–Kier alpha value is -1.35. The number of amides is 1. The lowest BCUT2D eigenvalue weighted by Crippen LogP contribution is -2.64. The summed E-state index contributed by atoms with van der Waals surface area (Å²) in [5.41, 5.74) is 1.11. The van der Waals surface area contributed by atoms with E-state index in [2.05, 4.69) is 22.8 Å². The lowest BCUT2D eigenvalue weighted by molar-refractivity contribution is -0.149. The summed E-state index contributed by atoms with van der Waals surface area (Å²) < 4.78 is 0. The first-order valence-electron chi connectivity index (χ1n) is 6.90. The van der Waals surface area contributed by atoms with Gasteiger partial charge in [-0.3, -0.25) is 4.79 Å². The van der Waals surface area contributed by atoms with Crippen LogP contribution in [0.25, 0.3) is 0 Å². The highest BCUT2D eigenvalue weighted by Crippen LogP contribution is 2.48. The summed E-state index contributed by atoms with van der Waals surface area (Å²) >= 11 is 0. The topological polar surface area (TPSA) is 41.1 Å². The normalized spacial score (nSPS) is 24.6. The zero-order chi connectivity index (χ0) is 13.0. The minimum Gasteiger partial charge on any atom is -0.348 e. The lowest BCUT2D eigenvalue weighted by Gasteiger charge is -2.51. The summed E-state index contributed by atoms with van der Waals surface area (Å²) in [5, 5.41) is 6.37. The molecule has 0 bridgehead atoms. The minimum absolute atomic E-state index is 0.132. The van der Waals surface area contributed by atoms with Crippen molar-refractivity contribution in [2.24, 2.45) is 5.41 Å². The molecule has 1 aromatic carbocycles. The second kappa shape index (κ2) is 5.53. The maximum absolute atomic E-state index is 11.9. The van der Waals surface area contributed by atoms with E-state index in [0.29, 0.717) is 0 Å². The molecule has 2 fully saturated rings. The van der Waals surface area contributed by atoms with Gasteiger partial charge in [0.15, 0.2) is 0 Å². The van der Waals surface area contributed by atoms with Gasteiger partial charge in [-0.15, -0.1) is 0 Å². The van der Waals surface area contributed by atoms with Crippen molar-refractivity contribution in [3.8, 4) is 0 Å². The Bertz CT molecular complexity index is 396. The maximum atomic E-state index is 11.9. The predicted molar refractivity (Wildman–Crippen MR) is 73.2 cm³/mol. The SMILES string of the molecule is CC.O=C1NC(c2ccccc2)C12CCNCC2. The van der Waals surface area contributed by atoms with E-state index in [0.717, 1.165) is 25.9 Å². The highest BCUT2D eigenvalue weighted by atomic mass is 16.2. The second-order valence-corrected chi connectivity index (χ2v) is 4.72. The molecule has 2 N–H and O–H groups in total. The highest BCUT2D eigenvalue weighted by molar-refractivity contribution is 5.90. The van der Waals surface area contributed by atoms with Crippen LogP contribution in [0.1, 0.15) is 38.3 Å². The molecule has 1 amide bonds. The smallest absolute Gasteiger partial charge is 0.229 e. The molecule has 1 aromatic rings. The first-order chi connectivity index (χ1) is 8.83. The van der Waals surface area contributed by atoms with Gasteiger partial charge >= 0.3 is 0 Å². The number of carbonyl (C=O) groups is 1. The van der Waals surface area contributed by atoms with E-state index >= 15 is 0 Å². The monoisotopic (exact) mass is 246 g/mol. The molecule has 18 heavy (non-hydrogen) atoms. The van der Waals surface area contributed by atoms with Crippen LogP contribution in [-0.4, -0.2) is 19.0 Å². The van der Waals surface area contributed by atoms with Crippen LogP contribution in [0.3, 0.4) is 0 Å². The van der Waals surface area contributed by atoms with Crippen molar-refractivity contribution in [2.75, 3.05) is 13.1 Å². The molecule has 98 valence electrons. The molecule has 0 saturated carbocycles. The molecule has 3 heteroatoms. The minimum atomic E-state index is -0.132. The van der Waals surface area contributed by atoms with E-state index in [9.17, 15) is 4.79 Å². The van der Waals surface area contributed by atoms with Gasteiger partial charge in [0, 0.05) is 0 Å². The summed E-state index contributed by atoms with van der Waals surface area (Å²) in [6.07, 6.45) is 1.91. The number of piperidine rings is 1. The molecular formula is C15H22N2O. The fourth-order valence-corrected chi connectivity index (χ4v) is 2.90. The van der Waals surface area contributed by atoms with E-state index in [-0.39, 0.29) is 17.4 Å². The fourth-order valence-electron chi connectivity index (χ4n) is 2.90. The van der Waals surface area contributed by atoms with Crippen molar-refractivity contribution in [2.45, 2.75) is 32.7 Å². The Balaban J connectivity index is 0.000000574. The van der Waals surface area contributed by atoms with E-state index in [1.807, 2.05) is 32.0 Å². The number of hydrogen-bond donors (Lipinski definition) is 2. The van der Waals surface area contributed by atoms with Gasteiger partial charge in [-0.05, 0) is 31.5 Å². The van der Waals surface area contributed by atoms with Gasteiger partial charge in [-0.1, -0.05) is 44.2 Å². The van der Waals surface area contributed by atoms with Crippen molar-refractivity contribution in [3.05, 3.63) is 35.9 Å². The molecule has 2 saturated heterocycles. The third-order valence-electron chi connectivity index (χ3n) is 3.91. The predicted octanol–water partition coefficient (Wildman–Crippen LogP) is 2.25. The zero-order valence-electron chi connectivity index (χ0n) is 11.2. The van der Waals surface area contributed by atoms with Crippen LogP contribution in [-0.2, 0) is 4.79 Å². The number of β-lactam (4-membered cyclic amide) rings is 1. The van der Waals surface area contributed by atoms with Crippen molar-refractivity contribution in [1.82, 2.24) is 10.6 Å². The van der Waals surface area contributed by atoms with Crippen LogP contribution in [0.2, 0.25) is 0 Å². The molecule has 2 heterocycles. The Labute approximate surface area is 109 Å². The molecule has 0 radical (unpaired) electrons. The van der Waals surface area contributed by atoms with Gasteiger partial charge in [0.05, 0.1) is 11.5 Å². The van der Waals surface area contributed by atoms with Crippen LogP contribution < -0.4 is 10.6 Å². The van der Waals surface area contributed by atoms with Crippen LogP contribution >= 0.6 is 0 Å². The molecule has 1 atom stereocenters. The van der Waals surface area contributed by atoms with Crippen molar-refractivity contribution < 1.29 is 4.79 Å². The summed E-state index contributed by atoms with van der Waals surface area (Å²) in [5.74, 6) is 0.239. The molecule has 1 unspecified atom stereocenters. The average Bonchev–Trinajstić information content (AvgIpc) is 2.48. The standard InChI is InChI=1S/C13H16N2O.C2H6/c16-12-13(6-8-14-9-7-13)11(15-12)10-4-2-1-3-5-10;1-2/h1-5,11,14H,6-9H2,(H,15,16);1-2H3. The molecule has 2 aliphatic rings. The zero-order valence-corrected chi connectivity index (χ0v) is 11.2. The molecule has 0 aliphatic carbocycles. The van der Waals surface area contributed by atoms with Gasteiger partial charge in [-0.25, -0.2) is 0 Å². The van der Waals surface area contributed by atoms with Gasteiger partial charge in [-0.2, -0.15) is 0 Å². The third-order valence-corrected chi connectivity index (χ3v) is 3.91. The average molecular weight is 246 g/mol. The molecule has 3 nitrogen and oxygen atoms in total. The molecule has 0 aromatic heterocycles. The van der Waals surface area contributed by atoms with E-state index < -0.39 is 0 Å². The van der Waals surface area contributed by atoms with Crippen LogP contribution in [0.4, 0.5) is 0 Å². The van der Waals surface area contributed by atoms with Gasteiger partial charge in [0.1, 0.15) is 0 Å². The van der Waals surface area contributed by atoms with E-state index in [4.69, 9.17) is 0 Å². The lowest BCUT2D eigenvalue weighted by atomic mass is 9.64. The van der Waals surface area contributed by atoms with E-state index in [1.165, 1.54) is 5.56 Å². The number of nitrogens with one attached hydrogen (secondary N) is 2. The summed E-state index contributed by atoms with van der Waals surface area (Å²) in [7, 11) is 0. The first-order valence-corrected chi connectivity index (χ1v) is 6.90. The quantitative estimate of drug-likeness (QED) is 0.746. The number of rotatable bonds is 1. The first kappa shape index (κ1) is 13.1. The summed E-state index contributed by atoms with van der Waals surface area (Å²) in [6.45, 7) is 5.91. The highest BCUT2D eigenvalue weighted by Gasteiger charge is 2.55. The number of carbonyl (C=O) groups excluding carboxylic acids is 1. The van der Waals surface area contributed by atoms with Gasteiger partial charge < -0.3 is 10.6 Å². The largest absolute Gasteiger partial charge is 0.348 e. The number of benzene rings is 1. The Morgan fingerprint density at radius 1 is 1.11 bits per heavy atom. The molecule has 2 aliphatic heterocycles. The van der Waals surface area contributed by atoms with Crippen molar-refractivity contribution in [1.29, 1.82) is 0 Å². The van der Waals surface area contributed by atoms with Crippen molar-refractivity contribution in [3.63, 3.8) is 0 Å². The Morgan fingerprint density at radius 2 is 1.72 bits per heavy atom. The van der Waals surface area contributed by atoms with Crippen LogP contribution in [0, 0.1) is 5.41 Å². The van der Waals surface area contributed by atoms with Gasteiger partial charge in [0.2, 0.25) is 5.91 Å². The van der Waals surface area contributed by atoms with E-state index in [1.54, 1.807) is 0 Å². The van der Waals surface area contributed by atoms with Crippen molar-refractivity contribution >= 4 is 5.91 Å². The third kappa shape index (κ3) is 2.03. The maximum Gasteiger partial charge on any atom is 0.229 e. The Kier molecular flexibility index (Phi) is 4.02. The second-order valence-electron chi connectivity index (χ2n) is 4.72. The number of hydrogen-bond acceptors (Lipinski definition) is 2. The van der Waals surface area contributed by atoms with Crippen LogP contribution in [0.5, 0.6) is 0 Å². The Morgan fingerprint density at radius 3 is 2.28 bits per heavy atom. The van der Waals surface area contributed by atoms with Crippen LogP contribution in [0.15, 0.2) is 30.3 Å².